The fourth-order valence-electron chi connectivity index (χ4n) is 2.42. The van der Waals surface area contributed by atoms with Crippen LogP contribution in [0.5, 0.6) is 11.5 Å². The molecule has 25 heavy (non-hydrogen) atoms. The van der Waals surface area contributed by atoms with Crippen LogP contribution in [0.15, 0.2) is 34.8 Å². The molecule has 2 rings (SSSR count). The van der Waals surface area contributed by atoms with Crippen molar-refractivity contribution >= 4 is 33.1 Å². The number of nitrogens with one attached hydrogen (secondary N) is 1. The van der Waals surface area contributed by atoms with Crippen molar-refractivity contribution < 1.29 is 19.0 Å². The maximum atomic E-state index is 13.0. The van der Waals surface area contributed by atoms with E-state index >= 15 is 0 Å². The number of carbonyl (C=O) groups excluding carboxylic acids is 1. The second-order valence-corrected chi connectivity index (χ2v) is 5.97. The number of methoxy groups -OCH3 is 3. The number of halogens is 1. The highest BCUT2D eigenvalue weighted by atomic mass is 79.9. The van der Waals surface area contributed by atoms with Gasteiger partial charge in [0.25, 0.3) is 0 Å². The summed E-state index contributed by atoms with van der Waals surface area (Å²) in [6.45, 7) is 1.07. The van der Waals surface area contributed by atoms with E-state index in [4.69, 9.17) is 19.9 Å². The Morgan fingerprint density at radius 1 is 1.12 bits per heavy atom. The van der Waals surface area contributed by atoms with Crippen molar-refractivity contribution in [1.29, 1.82) is 0 Å². The van der Waals surface area contributed by atoms with E-state index in [0.29, 0.717) is 51.6 Å². The number of para-hydroxylation sites is 1. The molecule has 2 aromatic rings. The molecule has 0 unspecified atom stereocenters. The largest absolute Gasteiger partial charge is 0.496 e. The summed E-state index contributed by atoms with van der Waals surface area (Å²) in [5.74, 6) is 0.770. The number of nitrogen functional groups attached to an aromatic ring is 1. The first kappa shape index (κ1) is 19.1. The maximum Gasteiger partial charge on any atom is 0.198 e. The van der Waals surface area contributed by atoms with Gasteiger partial charge in [0.2, 0.25) is 0 Å². The van der Waals surface area contributed by atoms with Crippen LogP contribution in [0, 0.1) is 0 Å². The molecule has 0 radical (unpaired) electrons. The second kappa shape index (κ2) is 8.73. The minimum absolute atomic E-state index is 0.210. The lowest BCUT2D eigenvalue weighted by molar-refractivity contribution is 0.103. The van der Waals surface area contributed by atoms with Crippen molar-refractivity contribution in [3.8, 4) is 11.5 Å². The van der Waals surface area contributed by atoms with Crippen LogP contribution < -0.4 is 20.5 Å². The van der Waals surface area contributed by atoms with Gasteiger partial charge in [-0.1, -0.05) is 12.1 Å². The molecule has 2 aromatic carbocycles. The van der Waals surface area contributed by atoms with E-state index in [1.807, 2.05) is 6.07 Å². The lowest BCUT2D eigenvalue weighted by atomic mass is 10.0. The van der Waals surface area contributed by atoms with Gasteiger partial charge < -0.3 is 25.3 Å². The Kier molecular flexibility index (Phi) is 6.66. The van der Waals surface area contributed by atoms with Gasteiger partial charge in [-0.2, -0.15) is 0 Å². The third-order valence-electron chi connectivity index (χ3n) is 3.69. The van der Waals surface area contributed by atoms with Crippen LogP contribution in [0.4, 0.5) is 11.4 Å². The molecular formula is C18H21BrN2O4. The lowest BCUT2D eigenvalue weighted by Gasteiger charge is -2.17. The third kappa shape index (κ3) is 4.05. The standard InChI is InChI=1S/C18H21BrN2O4/c1-23-9-8-21-17-14(25-3)10-12(15(19)16(17)20)18(22)11-6-4-5-7-13(11)24-2/h4-7,10,21H,8-9,20H2,1-3H3. The van der Waals surface area contributed by atoms with Gasteiger partial charge >= 0.3 is 0 Å². The molecule has 0 aromatic heterocycles. The quantitative estimate of drug-likeness (QED) is 0.395. The summed E-state index contributed by atoms with van der Waals surface area (Å²) in [7, 11) is 4.67. The molecular weight excluding hydrogens is 388 g/mol. The summed E-state index contributed by atoms with van der Waals surface area (Å²) in [6, 6.07) is 8.70. The van der Waals surface area contributed by atoms with Crippen molar-refractivity contribution in [2.45, 2.75) is 0 Å². The van der Waals surface area contributed by atoms with E-state index in [0.717, 1.165) is 0 Å². The van der Waals surface area contributed by atoms with Gasteiger partial charge in [0.1, 0.15) is 17.2 Å². The first-order chi connectivity index (χ1) is 12.0. The van der Waals surface area contributed by atoms with Gasteiger partial charge in [0.15, 0.2) is 5.78 Å². The van der Waals surface area contributed by atoms with Gasteiger partial charge in [-0.25, -0.2) is 0 Å². The van der Waals surface area contributed by atoms with Crippen molar-refractivity contribution in [3.63, 3.8) is 0 Å². The van der Waals surface area contributed by atoms with Crippen LogP contribution in [0.1, 0.15) is 15.9 Å². The highest BCUT2D eigenvalue weighted by Gasteiger charge is 2.22. The fourth-order valence-corrected chi connectivity index (χ4v) is 2.91. The maximum absolute atomic E-state index is 13.0. The normalized spacial score (nSPS) is 10.4. The summed E-state index contributed by atoms with van der Waals surface area (Å²) in [5, 5.41) is 3.16. The Morgan fingerprint density at radius 2 is 1.80 bits per heavy atom. The zero-order valence-corrected chi connectivity index (χ0v) is 16.0. The highest BCUT2D eigenvalue weighted by molar-refractivity contribution is 9.10. The van der Waals surface area contributed by atoms with E-state index < -0.39 is 0 Å². The molecule has 3 N–H and O–H groups in total. The number of nitrogens with two attached hydrogens (primary N) is 1. The molecule has 0 heterocycles. The second-order valence-electron chi connectivity index (χ2n) is 5.18. The number of anilines is 2. The molecule has 0 aliphatic rings. The van der Waals surface area contributed by atoms with Crippen LogP contribution in [0.25, 0.3) is 0 Å². The van der Waals surface area contributed by atoms with Gasteiger partial charge in [-0.05, 0) is 34.1 Å². The summed E-state index contributed by atoms with van der Waals surface area (Å²) < 4.78 is 16.2. The fraction of sp³-hybridized carbons (Fsp3) is 0.278. The summed E-state index contributed by atoms with van der Waals surface area (Å²) in [5.41, 5.74) is 8.08. The van der Waals surface area contributed by atoms with Crippen LogP contribution >= 0.6 is 15.9 Å². The molecule has 0 bridgehead atoms. The number of hydrogen-bond donors (Lipinski definition) is 2. The summed E-state index contributed by atoms with van der Waals surface area (Å²) in [4.78, 5) is 13.0. The molecule has 0 saturated carbocycles. The Balaban J connectivity index is 2.48. The van der Waals surface area contributed by atoms with Crippen LogP contribution in [0.2, 0.25) is 0 Å². The molecule has 134 valence electrons. The van der Waals surface area contributed by atoms with Crippen LogP contribution in [-0.4, -0.2) is 40.3 Å². The van der Waals surface area contributed by atoms with Gasteiger partial charge in [-0.15, -0.1) is 0 Å². The molecule has 0 atom stereocenters. The number of rotatable bonds is 8. The van der Waals surface area contributed by atoms with E-state index in [9.17, 15) is 4.79 Å². The predicted octanol–water partition coefficient (Wildman–Crippen LogP) is 3.34. The molecule has 7 heteroatoms. The van der Waals surface area contributed by atoms with Gasteiger partial charge in [-0.3, -0.25) is 4.79 Å². The smallest absolute Gasteiger partial charge is 0.198 e. The molecule has 0 fully saturated rings. The molecule has 0 aliphatic heterocycles. The molecule has 0 aliphatic carbocycles. The molecule has 6 nitrogen and oxygen atoms in total. The van der Waals surface area contributed by atoms with Crippen molar-refractivity contribution in [2.75, 3.05) is 45.5 Å². The minimum Gasteiger partial charge on any atom is -0.496 e. The first-order valence-electron chi connectivity index (χ1n) is 7.61. The zero-order valence-electron chi connectivity index (χ0n) is 14.4. The number of hydrogen-bond acceptors (Lipinski definition) is 6. The van der Waals surface area contributed by atoms with Crippen LogP contribution in [0.3, 0.4) is 0 Å². The Hall–Kier alpha value is -2.25. The minimum atomic E-state index is -0.210. The van der Waals surface area contributed by atoms with E-state index in [1.54, 1.807) is 31.4 Å². The van der Waals surface area contributed by atoms with Gasteiger partial charge in [0, 0.05) is 19.2 Å². The lowest BCUT2D eigenvalue weighted by Crippen LogP contribution is -2.13. The Bertz CT molecular complexity index is 765. The molecule has 0 amide bonds. The number of benzene rings is 2. The van der Waals surface area contributed by atoms with E-state index in [1.165, 1.54) is 14.2 Å². The number of carbonyl (C=O) groups is 1. The third-order valence-corrected chi connectivity index (χ3v) is 4.54. The van der Waals surface area contributed by atoms with E-state index in [2.05, 4.69) is 21.2 Å². The molecule has 0 saturated heterocycles. The number of ether oxygens (including phenoxy) is 3. The topological polar surface area (TPSA) is 82.8 Å². The molecule has 0 spiro atoms. The summed E-state index contributed by atoms with van der Waals surface area (Å²) in [6.07, 6.45) is 0. The summed E-state index contributed by atoms with van der Waals surface area (Å²) >= 11 is 3.43. The Morgan fingerprint density at radius 3 is 2.44 bits per heavy atom. The number of ketones is 1. The monoisotopic (exact) mass is 408 g/mol. The SMILES string of the molecule is COCCNc1c(OC)cc(C(=O)c2ccccc2OC)c(Br)c1N. The van der Waals surface area contributed by atoms with E-state index in [-0.39, 0.29) is 5.78 Å². The highest BCUT2D eigenvalue weighted by Crippen LogP contribution is 2.40. The average molecular weight is 409 g/mol. The first-order valence-corrected chi connectivity index (χ1v) is 8.40. The van der Waals surface area contributed by atoms with Gasteiger partial charge in [0.05, 0.1) is 36.6 Å². The zero-order chi connectivity index (χ0) is 18.4. The Labute approximate surface area is 155 Å². The van der Waals surface area contributed by atoms with Crippen molar-refractivity contribution in [2.24, 2.45) is 0 Å². The van der Waals surface area contributed by atoms with Crippen molar-refractivity contribution in [3.05, 3.63) is 45.9 Å². The predicted molar refractivity (Wildman–Crippen MR) is 102 cm³/mol. The average Bonchev–Trinajstić information content (AvgIpc) is 2.64. The van der Waals surface area contributed by atoms with Crippen LogP contribution in [-0.2, 0) is 4.74 Å². The van der Waals surface area contributed by atoms with Crippen molar-refractivity contribution in [1.82, 2.24) is 0 Å².